The van der Waals surface area contributed by atoms with Crippen molar-refractivity contribution in [3.05, 3.63) is 34.3 Å². The van der Waals surface area contributed by atoms with Gasteiger partial charge in [0.2, 0.25) is 0 Å². The average Bonchev–Trinajstić information content (AvgIpc) is 2.78. The first kappa shape index (κ1) is 10.9. The summed E-state index contributed by atoms with van der Waals surface area (Å²) in [7, 11) is 0. The fraction of sp³-hybridized carbons (Fsp3) is 0.300. The highest BCUT2D eigenvalue weighted by Gasteiger charge is 2.08. The third-order valence-electron chi connectivity index (χ3n) is 2.39. The highest BCUT2D eigenvalue weighted by atomic mass is 35.5. The fourth-order valence-corrected chi connectivity index (χ4v) is 1.43. The molecule has 2 rings (SSSR count). The van der Waals surface area contributed by atoms with E-state index in [1.165, 1.54) is 0 Å². The van der Waals surface area contributed by atoms with E-state index in [4.69, 9.17) is 16.1 Å². The second-order valence-corrected chi connectivity index (χ2v) is 3.78. The number of aromatic nitrogens is 3. The van der Waals surface area contributed by atoms with Crippen molar-refractivity contribution in [1.29, 1.82) is 0 Å². The molecule has 0 aliphatic carbocycles. The minimum atomic E-state index is 0.433. The van der Waals surface area contributed by atoms with E-state index in [1.54, 1.807) is 12.3 Å². The van der Waals surface area contributed by atoms with E-state index < -0.39 is 0 Å². The molecule has 0 saturated carbocycles. The summed E-state index contributed by atoms with van der Waals surface area (Å²) in [6.07, 6.45) is 1.60. The molecule has 0 bridgehead atoms. The highest BCUT2D eigenvalue weighted by Crippen LogP contribution is 2.20. The Morgan fingerprint density at radius 3 is 2.81 bits per heavy atom. The predicted molar refractivity (Wildman–Crippen MR) is 60.3 cm³/mol. The zero-order chi connectivity index (χ0) is 11.5. The Morgan fingerprint density at radius 1 is 1.31 bits per heavy atom. The minimum absolute atomic E-state index is 0.433. The molecule has 2 aromatic rings. The smallest absolute Gasteiger partial charge is 0.155 e. The molecule has 0 saturated heterocycles. The Balaban J connectivity index is 2.13. The van der Waals surface area contributed by atoms with Gasteiger partial charge < -0.3 is 9.84 Å². The van der Waals surface area contributed by atoms with Gasteiger partial charge in [0.25, 0.3) is 0 Å². The summed E-state index contributed by atoms with van der Waals surface area (Å²) in [5.41, 5.74) is 1.91. The summed E-state index contributed by atoms with van der Waals surface area (Å²) in [5, 5.41) is 15.0. The maximum absolute atomic E-state index is 5.86. The Morgan fingerprint density at radius 2 is 2.12 bits per heavy atom. The van der Waals surface area contributed by atoms with Crippen LogP contribution < -0.4 is 5.32 Å². The maximum atomic E-state index is 5.86. The van der Waals surface area contributed by atoms with Crippen LogP contribution in [-0.4, -0.2) is 15.4 Å². The molecular weight excluding hydrogens is 228 g/mol. The number of nitrogens with one attached hydrogen (secondary N) is 1. The second kappa shape index (κ2) is 4.49. The minimum Gasteiger partial charge on any atom is -0.361 e. The van der Waals surface area contributed by atoms with Crippen LogP contribution in [0.4, 0.5) is 5.82 Å². The lowest BCUT2D eigenvalue weighted by atomic mass is 10.2. The van der Waals surface area contributed by atoms with Crippen LogP contribution in [0, 0.1) is 13.8 Å². The van der Waals surface area contributed by atoms with Crippen LogP contribution >= 0.6 is 11.6 Å². The van der Waals surface area contributed by atoms with Crippen LogP contribution in [0.15, 0.2) is 16.8 Å². The molecule has 0 aromatic carbocycles. The normalized spacial score (nSPS) is 10.4. The Hall–Kier alpha value is -1.62. The summed E-state index contributed by atoms with van der Waals surface area (Å²) in [4.78, 5) is 0. The van der Waals surface area contributed by atoms with Gasteiger partial charge in [-0.2, -0.15) is 0 Å². The molecule has 2 heterocycles. The van der Waals surface area contributed by atoms with Gasteiger partial charge in [-0.3, -0.25) is 0 Å². The van der Waals surface area contributed by atoms with Crippen molar-refractivity contribution in [3.63, 3.8) is 0 Å². The van der Waals surface area contributed by atoms with Gasteiger partial charge in [-0.1, -0.05) is 16.8 Å². The van der Waals surface area contributed by atoms with Crippen molar-refractivity contribution in [1.82, 2.24) is 15.4 Å². The maximum Gasteiger partial charge on any atom is 0.155 e. The van der Waals surface area contributed by atoms with Crippen molar-refractivity contribution in [3.8, 4) is 0 Å². The molecule has 0 amide bonds. The predicted octanol–water partition coefficient (Wildman–Crippen LogP) is 2.35. The van der Waals surface area contributed by atoms with Crippen LogP contribution in [0.3, 0.4) is 0 Å². The van der Waals surface area contributed by atoms with E-state index >= 15 is 0 Å². The summed E-state index contributed by atoms with van der Waals surface area (Å²) in [6, 6.07) is 1.79. The molecular formula is C10H11ClN4O. The Labute approximate surface area is 97.8 Å². The number of anilines is 1. The van der Waals surface area contributed by atoms with Crippen molar-refractivity contribution in [2.75, 3.05) is 5.32 Å². The van der Waals surface area contributed by atoms with Crippen LogP contribution in [0.2, 0.25) is 5.15 Å². The third-order valence-corrected chi connectivity index (χ3v) is 2.75. The van der Waals surface area contributed by atoms with Gasteiger partial charge >= 0.3 is 0 Å². The molecule has 6 heteroatoms. The van der Waals surface area contributed by atoms with E-state index in [1.807, 2.05) is 13.8 Å². The van der Waals surface area contributed by atoms with Gasteiger partial charge in [0.15, 0.2) is 16.7 Å². The molecule has 0 unspecified atom stereocenters. The van der Waals surface area contributed by atoms with E-state index in [0.717, 1.165) is 16.9 Å². The average molecular weight is 239 g/mol. The molecule has 5 nitrogen and oxygen atoms in total. The third kappa shape index (κ3) is 2.14. The first-order valence-electron chi connectivity index (χ1n) is 4.81. The molecule has 0 radical (unpaired) electrons. The Bertz CT molecular complexity index is 484. The van der Waals surface area contributed by atoms with Crippen molar-refractivity contribution >= 4 is 17.4 Å². The molecule has 16 heavy (non-hydrogen) atoms. The van der Waals surface area contributed by atoms with Gasteiger partial charge in [0.05, 0.1) is 12.7 Å². The monoisotopic (exact) mass is 238 g/mol. The summed E-state index contributed by atoms with van der Waals surface area (Å²) < 4.78 is 4.96. The summed E-state index contributed by atoms with van der Waals surface area (Å²) >= 11 is 5.86. The van der Waals surface area contributed by atoms with Crippen LogP contribution in [0.5, 0.6) is 0 Å². The molecule has 84 valence electrons. The molecule has 0 fully saturated rings. The number of rotatable bonds is 3. The van der Waals surface area contributed by atoms with E-state index in [0.29, 0.717) is 17.5 Å². The lowest BCUT2D eigenvalue weighted by molar-refractivity contribution is 0.388. The molecule has 1 N–H and O–H groups in total. The standard InChI is InChI=1S/C10H11ClN4O/c1-6-7(2)10(15-14-9(6)11)12-5-8-3-4-13-16-8/h3-4H,5H2,1-2H3,(H,12,15). The molecule has 2 aromatic heterocycles. The van der Waals surface area contributed by atoms with Gasteiger partial charge in [-0.25, -0.2) is 0 Å². The molecule has 0 spiro atoms. The van der Waals surface area contributed by atoms with Gasteiger partial charge in [0.1, 0.15) is 0 Å². The summed E-state index contributed by atoms with van der Waals surface area (Å²) in [6.45, 7) is 4.38. The fourth-order valence-electron chi connectivity index (χ4n) is 1.25. The van der Waals surface area contributed by atoms with Gasteiger partial charge in [-0.05, 0) is 25.0 Å². The molecule has 0 atom stereocenters. The number of nitrogens with zero attached hydrogens (tertiary/aromatic N) is 3. The van der Waals surface area contributed by atoms with Gasteiger partial charge in [0, 0.05) is 6.07 Å². The Kier molecular flexibility index (Phi) is 3.05. The van der Waals surface area contributed by atoms with Crippen LogP contribution in [-0.2, 0) is 6.54 Å². The van der Waals surface area contributed by atoms with E-state index in [2.05, 4.69) is 20.7 Å². The van der Waals surface area contributed by atoms with Crippen molar-refractivity contribution in [2.45, 2.75) is 20.4 Å². The van der Waals surface area contributed by atoms with Gasteiger partial charge in [-0.15, -0.1) is 10.2 Å². The van der Waals surface area contributed by atoms with Crippen LogP contribution in [0.25, 0.3) is 0 Å². The van der Waals surface area contributed by atoms with E-state index in [-0.39, 0.29) is 0 Å². The second-order valence-electron chi connectivity index (χ2n) is 3.42. The largest absolute Gasteiger partial charge is 0.361 e. The number of halogens is 1. The lowest BCUT2D eigenvalue weighted by Gasteiger charge is -2.08. The summed E-state index contributed by atoms with van der Waals surface area (Å²) in [5.74, 6) is 1.45. The number of hydrogen-bond donors (Lipinski definition) is 1. The quantitative estimate of drug-likeness (QED) is 0.889. The number of hydrogen-bond acceptors (Lipinski definition) is 5. The molecule has 0 aliphatic rings. The van der Waals surface area contributed by atoms with Crippen molar-refractivity contribution < 1.29 is 4.52 Å². The zero-order valence-corrected chi connectivity index (χ0v) is 9.75. The van der Waals surface area contributed by atoms with Crippen LogP contribution in [0.1, 0.15) is 16.9 Å². The van der Waals surface area contributed by atoms with Crippen molar-refractivity contribution in [2.24, 2.45) is 0 Å². The SMILES string of the molecule is Cc1c(Cl)nnc(NCc2ccno2)c1C. The first-order valence-corrected chi connectivity index (χ1v) is 5.19. The first-order chi connectivity index (χ1) is 7.68. The lowest BCUT2D eigenvalue weighted by Crippen LogP contribution is -2.05. The highest BCUT2D eigenvalue weighted by molar-refractivity contribution is 6.30. The molecule has 0 aliphatic heterocycles. The van der Waals surface area contributed by atoms with E-state index in [9.17, 15) is 0 Å². The zero-order valence-electron chi connectivity index (χ0n) is 8.99. The topological polar surface area (TPSA) is 63.8 Å².